The minimum absolute atomic E-state index is 0.114. The number of aryl methyl sites for hydroxylation is 1. The van der Waals surface area contributed by atoms with E-state index in [1.165, 1.54) is 0 Å². The molecule has 150 valence electrons. The summed E-state index contributed by atoms with van der Waals surface area (Å²) < 4.78 is 10.6. The van der Waals surface area contributed by atoms with Crippen molar-refractivity contribution in [3.63, 3.8) is 0 Å². The topological polar surface area (TPSA) is 67.9 Å². The van der Waals surface area contributed by atoms with E-state index >= 15 is 0 Å². The molecule has 0 radical (unpaired) electrons. The van der Waals surface area contributed by atoms with Crippen LogP contribution in [0.4, 0.5) is 11.4 Å². The van der Waals surface area contributed by atoms with Crippen LogP contribution in [0.5, 0.6) is 11.5 Å². The van der Waals surface area contributed by atoms with Crippen LogP contribution in [0.25, 0.3) is 0 Å². The molecule has 0 atom stereocenters. The molecule has 0 aromatic heterocycles. The van der Waals surface area contributed by atoms with E-state index in [0.29, 0.717) is 42.1 Å². The Morgan fingerprint density at radius 3 is 2.63 bits per heavy atom. The average molecular weight is 400 g/mol. The van der Waals surface area contributed by atoms with Gasteiger partial charge in [0.2, 0.25) is 12.7 Å². The molecule has 3 aromatic rings. The van der Waals surface area contributed by atoms with Crippen LogP contribution in [-0.2, 0) is 17.8 Å². The van der Waals surface area contributed by atoms with Crippen LogP contribution in [0.3, 0.4) is 0 Å². The highest BCUT2D eigenvalue weighted by atomic mass is 16.7. The van der Waals surface area contributed by atoms with Gasteiger partial charge in [0.15, 0.2) is 11.5 Å². The van der Waals surface area contributed by atoms with E-state index in [-0.39, 0.29) is 18.6 Å². The lowest BCUT2D eigenvalue weighted by Crippen LogP contribution is -2.34. The fourth-order valence-corrected chi connectivity index (χ4v) is 3.82. The van der Waals surface area contributed by atoms with Gasteiger partial charge in [0.1, 0.15) is 0 Å². The molecule has 6 nitrogen and oxygen atoms in total. The number of carbonyl (C=O) groups is 2. The fraction of sp³-hybridized carbons (Fsp3) is 0.167. The highest BCUT2D eigenvalue weighted by Crippen LogP contribution is 2.34. The number of amides is 2. The van der Waals surface area contributed by atoms with Crippen LogP contribution in [0.2, 0.25) is 0 Å². The number of benzene rings is 3. The third-order valence-electron chi connectivity index (χ3n) is 5.36. The molecule has 0 aliphatic carbocycles. The maximum absolute atomic E-state index is 12.7. The molecule has 3 aromatic carbocycles. The normalized spacial score (nSPS) is 14.4. The van der Waals surface area contributed by atoms with Crippen LogP contribution in [-0.4, -0.2) is 18.6 Å². The van der Waals surface area contributed by atoms with Gasteiger partial charge in [-0.1, -0.05) is 30.3 Å². The summed E-state index contributed by atoms with van der Waals surface area (Å²) in [5.41, 5.74) is 4.23. The van der Waals surface area contributed by atoms with Gasteiger partial charge in [-0.3, -0.25) is 9.59 Å². The van der Waals surface area contributed by atoms with Crippen molar-refractivity contribution in [1.82, 2.24) is 0 Å². The Balaban J connectivity index is 1.36. The molecule has 1 N–H and O–H groups in total. The molecule has 30 heavy (non-hydrogen) atoms. The highest BCUT2D eigenvalue weighted by molar-refractivity contribution is 6.05. The SMILES string of the molecule is O=C(Nc1ccc2c(c1)CCC(=O)N2Cc1ccccc1)c1ccc2c(c1)OCO2. The number of hydrogen-bond donors (Lipinski definition) is 1. The molecule has 0 fully saturated rings. The number of nitrogens with one attached hydrogen (secondary N) is 1. The van der Waals surface area contributed by atoms with Crippen LogP contribution in [0.15, 0.2) is 66.7 Å². The molecule has 0 bridgehead atoms. The molecule has 0 saturated carbocycles. The minimum atomic E-state index is -0.221. The van der Waals surface area contributed by atoms with E-state index in [4.69, 9.17) is 9.47 Å². The molecule has 2 aliphatic heterocycles. The summed E-state index contributed by atoms with van der Waals surface area (Å²) in [4.78, 5) is 27.0. The Bertz CT molecular complexity index is 1130. The number of carbonyl (C=O) groups excluding carboxylic acids is 2. The number of nitrogens with zero attached hydrogens (tertiary/aromatic N) is 1. The molecule has 5 rings (SSSR count). The zero-order valence-corrected chi connectivity index (χ0v) is 16.3. The number of ether oxygens (including phenoxy) is 2. The van der Waals surface area contributed by atoms with E-state index in [1.54, 1.807) is 18.2 Å². The summed E-state index contributed by atoms with van der Waals surface area (Å²) in [6.45, 7) is 0.707. The average Bonchev–Trinajstić information content (AvgIpc) is 3.24. The van der Waals surface area contributed by atoms with Gasteiger partial charge < -0.3 is 19.7 Å². The summed E-state index contributed by atoms with van der Waals surface area (Å²) in [5, 5.41) is 2.94. The van der Waals surface area contributed by atoms with E-state index < -0.39 is 0 Å². The van der Waals surface area contributed by atoms with Gasteiger partial charge in [0.25, 0.3) is 5.91 Å². The molecule has 2 aliphatic rings. The third-order valence-corrected chi connectivity index (χ3v) is 5.36. The van der Waals surface area contributed by atoms with Crippen molar-refractivity contribution in [3.8, 4) is 11.5 Å². The number of anilines is 2. The van der Waals surface area contributed by atoms with Gasteiger partial charge in [-0.05, 0) is 53.9 Å². The van der Waals surface area contributed by atoms with Gasteiger partial charge in [-0.25, -0.2) is 0 Å². The molecular formula is C24H20N2O4. The molecule has 6 heteroatoms. The first kappa shape index (κ1) is 18.2. The van der Waals surface area contributed by atoms with Crippen molar-refractivity contribution in [2.24, 2.45) is 0 Å². The lowest BCUT2D eigenvalue weighted by Gasteiger charge is -2.30. The third kappa shape index (κ3) is 3.48. The van der Waals surface area contributed by atoms with Crippen molar-refractivity contribution >= 4 is 23.2 Å². The summed E-state index contributed by atoms with van der Waals surface area (Å²) in [6.07, 6.45) is 1.12. The van der Waals surface area contributed by atoms with Crippen molar-refractivity contribution < 1.29 is 19.1 Å². The molecule has 0 unspecified atom stereocenters. The van der Waals surface area contributed by atoms with Crippen LogP contribution >= 0.6 is 0 Å². The molecule has 0 spiro atoms. The largest absolute Gasteiger partial charge is 0.454 e. The van der Waals surface area contributed by atoms with Crippen LogP contribution in [0.1, 0.15) is 27.9 Å². The maximum Gasteiger partial charge on any atom is 0.255 e. The second-order valence-electron chi connectivity index (χ2n) is 7.33. The Hall–Kier alpha value is -3.80. The van der Waals surface area contributed by atoms with E-state index in [0.717, 1.165) is 16.8 Å². The van der Waals surface area contributed by atoms with E-state index in [1.807, 2.05) is 53.4 Å². The predicted octanol–water partition coefficient (Wildman–Crippen LogP) is 4.15. The summed E-state index contributed by atoms with van der Waals surface area (Å²) in [6, 6.07) is 20.7. The van der Waals surface area contributed by atoms with Crippen molar-refractivity contribution in [2.75, 3.05) is 17.0 Å². The second-order valence-corrected chi connectivity index (χ2v) is 7.33. The van der Waals surface area contributed by atoms with Crippen molar-refractivity contribution in [2.45, 2.75) is 19.4 Å². The number of fused-ring (bicyclic) bond motifs is 2. The summed E-state index contributed by atoms with van der Waals surface area (Å²) in [7, 11) is 0. The Morgan fingerprint density at radius 2 is 1.77 bits per heavy atom. The molecule has 2 amide bonds. The zero-order chi connectivity index (χ0) is 20.5. The standard InChI is InChI=1S/C24H20N2O4/c27-23-11-7-17-12-19(8-9-20(17)26(23)14-16-4-2-1-3-5-16)25-24(28)18-6-10-21-22(13-18)30-15-29-21/h1-6,8-10,12-13H,7,11,14-15H2,(H,25,28). The first-order chi connectivity index (χ1) is 14.7. The van der Waals surface area contributed by atoms with Gasteiger partial charge in [-0.15, -0.1) is 0 Å². The predicted molar refractivity (Wildman–Crippen MR) is 113 cm³/mol. The smallest absolute Gasteiger partial charge is 0.255 e. The summed E-state index contributed by atoms with van der Waals surface area (Å²) in [5.74, 6) is 1.11. The Kier molecular flexibility index (Phi) is 4.59. The van der Waals surface area contributed by atoms with Gasteiger partial charge in [0.05, 0.1) is 6.54 Å². The number of hydrogen-bond acceptors (Lipinski definition) is 4. The highest BCUT2D eigenvalue weighted by Gasteiger charge is 2.25. The van der Waals surface area contributed by atoms with E-state index in [9.17, 15) is 9.59 Å². The monoisotopic (exact) mass is 400 g/mol. The van der Waals surface area contributed by atoms with Crippen molar-refractivity contribution in [3.05, 3.63) is 83.4 Å². The lowest BCUT2D eigenvalue weighted by molar-refractivity contribution is -0.119. The molecular weight excluding hydrogens is 380 g/mol. The number of rotatable bonds is 4. The van der Waals surface area contributed by atoms with Gasteiger partial charge >= 0.3 is 0 Å². The first-order valence-corrected chi connectivity index (χ1v) is 9.85. The quantitative estimate of drug-likeness (QED) is 0.715. The van der Waals surface area contributed by atoms with Crippen molar-refractivity contribution in [1.29, 1.82) is 0 Å². The fourth-order valence-electron chi connectivity index (χ4n) is 3.82. The molecule has 0 saturated heterocycles. The van der Waals surface area contributed by atoms with E-state index in [2.05, 4.69) is 5.32 Å². The van der Waals surface area contributed by atoms with Crippen LogP contribution < -0.4 is 19.7 Å². The Labute approximate surface area is 174 Å². The Morgan fingerprint density at radius 1 is 0.933 bits per heavy atom. The lowest BCUT2D eigenvalue weighted by atomic mass is 9.99. The first-order valence-electron chi connectivity index (χ1n) is 9.85. The minimum Gasteiger partial charge on any atom is -0.454 e. The van der Waals surface area contributed by atoms with Gasteiger partial charge in [-0.2, -0.15) is 0 Å². The maximum atomic E-state index is 12.7. The zero-order valence-electron chi connectivity index (χ0n) is 16.3. The molecule has 2 heterocycles. The second kappa shape index (κ2) is 7.55. The van der Waals surface area contributed by atoms with Gasteiger partial charge in [0, 0.05) is 23.4 Å². The summed E-state index contributed by atoms with van der Waals surface area (Å²) >= 11 is 0. The van der Waals surface area contributed by atoms with Crippen LogP contribution in [0, 0.1) is 0 Å².